The van der Waals surface area contributed by atoms with Crippen molar-refractivity contribution < 1.29 is 14.0 Å². The molecule has 1 saturated carbocycles. The van der Waals surface area contributed by atoms with E-state index >= 15 is 0 Å². The first-order chi connectivity index (χ1) is 15.6. The van der Waals surface area contributed by atoms with Crippen molar-refractivity contribution in [3.8, 4) is 10.4 Å². The maximum Gasteiger partial charge on any atom is 0.274 e. The maximum absolute atomic E-state index is 13.4. The number of amides is 2. The van der Waals surface area contributed by atoms with Crippen molar-refractivity contribution in [2.75, 3.05) is 13.6 Å². The van der Waals surface area contributed by atoms with Crippen LogP contribution in [-0.2, 0) is 0 Å². The molecule has 2 heterocycles. The van der Waals surface area contributed by atoms with E-state index in [1.54, 1.807) is 28.8 Å². The molecule has 1 N–H and O–H groups in total. The van der Waals surface area contributed by atoms with Crippen molar-refractivity contribution in [3.63, 3.8) is 0 Å². The molecule has 4 aromatic rings. The van der Waals surface area contributed by atoms with Crippen molar-refractivity contribution in [3.05, 3.63) is 77.6 Å². The van der Waals surface area contributed by atoms with Crippen molar-refractivity contribution >= 4 is 34.1 Å². The maximum atomic E-state index is 13.4. The summed E-state index contributed by atoms with van der Waals surface area (Å²) < 4.78 is 5.40. The lowest BCUT2D eigenvalue weighted by molar-refractivity contribution is 0.0695. The van der Waals surface area contributed by atoms with Crippen LogP contribution in [0.25, 0.3) is 21.4 Å². The third kappa shape index (κ3) is 3.91. The van der Waals surface area contributed by atoms with Gasteiger partial charge in [0.25, 0.3) is 11.8 Å². The van der Waals surface area contributed by atoms with Crippen molar-refractivity contribution in [1.82, 2.24) is 15.2 Å². The number of hydrogen-bond donors (Lipinski definition) is 1. The van der Waals surface area contributed by atoms with E-state index in [1.165, 1.54) is 11.3 Å². The summed E-state index contributed by atoms with van der Waals surface area (Å²) in [5.41, 5.74) is 4.41. The van der Waals surface area contributed by atoms with Gasteiger partial charge in [0.05, 0.1) is 28.3 Å². The van der Waals surface area contributed by atoms with Gasteiger partial charge in [-0.1, -0.05) is 36.4 Å². The molecule has 0 aliphatic heterocycles. The van der Waals surface area contributed by atoms with Crippen LogP contribution in [0, 0.1) is 5.92 Å². The van der Waals surface area contributed by atoms with E-state index < -0.39 is 0 Å². The predicted molar refractivity (Wildman–Crippen MR) is 125 cm³/mol. The molecule has 0 radical (unpaired) electrons. The van der Waals surface area contributed by atoms with Crippen molar-refractivity contribution in [1.29, 1.82) is 0 Å². The van der Waals surface area contributed by atoms with Gasteiger partial charge in [-0.3, -0.25) is 9.59 Å². The van der Waals surface area contributed by atoms with Gasteiger partial charge in [0.15, 0.2) is 0 Å². The van der Waals surface area contributed by atoms with Crippen LogP contribution in [0.15, 0.2) is 70.8 Å². The molecule has 0 bridgehead atoms. The van der Waals surface area contributed by atoms with Crippen LogP contribution in [0.2, 0.25) is 0 Å². The summed E-state index contributed by atoms with van der Waals surface area (Å²) in [7, 11) is 1.81. The fraction of sp³-hybridized carbons (Fsp3) is 0.240. The smallest absolute Gasteiger partial charge is 0.274 e. The first-order valence-corrected chi connectivity index (χ1v) is 11.5. The molecule has 2 amide bonds. The fourth-order valence-electron chi connectivity index (χ4n) is 4.10. The molecule has 1 aliphatic rings. The molecule has 0 spiro atoms. The molecular formula is C25H23N3O3S. The number of aromatic nitrogens is 1. The Hall–Kier alpha value is -3.45. The molecule has 1 unspecified atom stereocenters. The number of furan rings is 1. The van der Waals surface area contributed by atoms with Gasteiger partial charge in [0.1, 0.15) is 11.3 Å². The summed E-state index contributed by atoms with van der Waals surface area (Å²) in [5.74, 6) is 0.100. The minimum Gasteiger partial charge on any atom is -0.464 e. The Morgan fingerprint density at radius 3 is 2.75 bits per heavy atom. The molecule has 1 atom stereocenters. The Morgan fingerprint density at radius 1 is 1.16 bits per heavy atom. The first-order valence-electron chi connectivity index (χ1n) is 10.6. The van der Waals surface area contributed by atoms with E-state index in [-0.39, 0.29) is 17.9 Å². The first kappa shape index (κ1) is 20.5. The second-order valence-electron chi connectivity index (χ2n) is 8.06. The van der Waals surface area contributed by atoms with Crippen molar-refractivity contribution in [2.45, 2.75) is 18.9 Å². The molecule has 1 fully saturated rings. The summed E-state index contributed by atoms with van der Waals surface area (Å²) in [4.78, 5) is 33.3. The Balaban J connectivity index is 1.33. The molecule has 162 valence electrons. The molecule has 5 rings (SSSR count). The lowest BCUT2D eigenvalue weighted by Crippen LogP contribution is -2.46. The van der Waals surface area contributed by atoms with Crippen LogP contribution in [0.4, 0.5) is 0 Å². The van der Waals surface area contributed by atoms with Gasteiger partial charge in [-0.2, -0.15) is 0 Å². The number of carbonyl (C=O) groups is 2. The number of rotatable bonds is 7. The van der Waals surface area contributed by atoms with Gasteiger partial charge in [0.2, 0.25) is 0 Å². The second kappa shape index (κ2) is 8.59. The highest BCUT2D eigenvalue weighted by Crippen LogP contribution is 2.36. The van der Waals surface area contributed by atoms with Crippen LogP contribution in [0.5, 0.6) is 0 Å². The van der Waals surface area contributed by atoms with Gasteiger partial charge in [-0.05, 0) is 42.5 Å². The molecular weight excluding hydrogens is 422 g/mol. The lowest BCUT2D eigenvalue weighted by atomic mass is 10.1. The highest BCUT2D eigenvalue weighted by Gasteiger charge is 2.37. The van der Waals surface area contributed by atoms with Crippen molar-refractivity contribution in [2.24, 2.45) is 5.92 Å². The third-order valence-electron chi connectivity index (χ3n) is 6.00. The topological polar surface area (TPSA) is 75.4 Å². The number of carbonyl (C=O) groups excluding carboxylic acids is 2. The van der Waals surface area contributed by atoms with Crippen LogP contribution in [0.3, 0.4) is 0 Å². The van der Waals surface area contributed by atoms with E-state index in [2.05, 4.69) is 10.3 Å². The second-order valence-corrected chi connectivity index (χ2v) is 8.92. The minimum atomic E-state index is -0.165. The predicted octanol–water partition coefficient (Wildman–Crippen LogP) is 4.84. The normalized spacial score (nSPS) is 14.3. The Labute approximate surface area is 189 Å². The number of nitrogens with one attached hydrogen (secondary N) is 1. The van der Waals surface area contributed by atoms with Crippen LogP contribution < -0.4 is 5.32 Å². The Kier molecular flexibility index (Phi) is 5.49. The average Bonchev–Trinajstić information content (AvgIpc) is 3.34. The number of likely N-dealkylation sites (N-methyl/N-ethyl adjacent to an activating group) is 1. The molecule has 6 nitrogen and oxygen atoms in total. The number of fused-ring (bicyclic) bond motifs is 1. The third-order valence-corrected chi connectivity index (χ3v) is 6.88. The zero-order chi connectivity index (χ0) is 22.1. The van der Waals surface area contributed by atoms with Crippen LogP contribution in [-0.4, -0.2) is 41.3 Å². The summed E-state index contributed by atoms with van der Waals surface area (Å²) in [6, 6.07) is 17.0. The van der Waals surface area contributed by atoms with E-state index in [0.29, 0.717) is 29.3 Å². The van der Waals surface area contributed by atoms with Gasteiger partial charge >= 0.3 is 0 Å². The largest absolute Gasteiger partial charge is 0.464 e. The van der Waals surface area contributed by atoms with Gasteiger partial charge < -0.3 is 14.6 Å². The number of thiazole rings is 1. The minimum absolute atomic E-state index is 0.0830. The van der Waals surface area contributed by atoms with E-state index in [9.17, 15) is 9.59 Å². The monoisotopic (exact) mass is 445 g/mol. The summed E-state index contributed by atoms with van der Waals surface area (Å²) in [6.45, 7) is 0.394. The van der Waals surface area contributed by atoms with Crippen LogP contribution >= 0.6 is 11.3 Å². The SMILES string of the molecule is CN(C(=O)c1ncsc1-c1ccccc1)C(CNC(=O)c1cccc2occc12)C1CC1. The molecule has 0 saturated heterocycles. The Morgan fingerprint density at radius 2 is 1.97 bits per heavy atom. The summed E-state index contributed by atoms with van der Waals surface area (Å²) in [6.07, 6.45) is 3.69. The average molecular weight is 446 g/mol. The molecule has 7 heteroatoms. The zero-order valence-electron chi connectivity index (χ0n) is 17.7. The van der Waals surface area contributed by atoms with Gasteiger partial charge in [0, 0.05) is 19.0 Å². The number of nitrogens with zero attached hydrogens (tertiary/aromatic N) is 2. The summed E-state index contributed by atoms with van der Waals surface area (Å²) in [5, 5.41) is 3.82. The standard InChI is InChI=1S/C25H23N3O3S/c1-28(25(30)22-23(32-15-27-22)17-6-3-2-4-7-17)20(16-10-11-16)14-26-24(29)19-8-5-9-21-18(19)12-13-31-21/h2-9,12-13,15-16,20H,10-11,14H2,1H3,(H,26,29). The quantitative estimate of drug-likeness (QED) is 0.442. The highest BCUT2D eigenvalue weighted by molar-refractivity contribution is 7.13. The van der Waals surface area contributed by atoms with E-state index in [1.807, 2.05) is 49.5 Å². The Bertz CT molecular complexity index is 1260. The molecule has 1 aliphatic carbocycles. The molecule has 32 heavy (non-hydrogen) atoms. The van der Waals surface area contributed by atoms with Crippen LogP contribution in [0.1, 0.15) is 33.7 Å². The number of benzene rings is 2. The zero-order valence-corrected chi connectivity index (χ0v) is 18.5. The van der Waals surface area contributed by atoms with Gasteiger partial charge in [-0.25, -0.2) is 4.98 Å². The lowest BCUT2D eigenvalue weighted by Gasteiger charge is -2.28. The van der Waals surface area contributed by atoms with E-state index in [0.717, 1.165) is 28.7 Å². The highest BCUT2D eigenvalue weighted by atomic mass is 32.1. The van der Waals surface area contributed by atoms with Gasteiger partial charge in [-0.15, -0.1) is 11.3 Å². The summed E-state index contributed by atoms with van der Waals surface area (Å²) >= 11 is 1.46. The van der Waals surface area contributed by atoms with E-state index in [4.69, 9.17) is 4.42 Å². The number of hydrogen-bond acceptors (Lipinski definition) is 5. The fourth-order valence-corrected chi connectivity index (χ4v) is 4.88. The molecule has 2 aromatic carbocycles. The molecule has 2 aromatic heterocycles.